The van der Waals surface area contributed by atoms with E-state index >= 15 is 0 Å². The van der Waals surface area contributed by atoms with Crippen molar-refractivity contribution in [2.45, 2.75) is 51.0 Å². The van der Waals surface area contributed by atoms with Crippen molar-refractivity contribution < 1.29 is 4.39 Å². The highest BCUT2D eigenvalue weighted by Crippen LogP contribution is 2.19. The molecule has 23 heavy (non-hydrogen) atoms. The Kier molecular flexibility index (Phi) is 5.00. The maximum Gasteiger partial charge on any atom is 0.274 e. The Hall–Kier alpha value is -2.24. The molecule has 1 saturated carbocycles. The van der Waals surface area contributed by atoms with Gasteiger partial charge in [-0.2, -0.15) is 0 Å². The van der Waals surface area contributed by atoms with Crippen LogP contribution in [0.25, 0.3) is 0 Å². The average Bonchev–Trinajstić information content (AvgIpc) is 2.81. The molecule has 1 aromatic carbocycles. The molecule has 0 radical (unpaired) electrons. The number of nitrogens with one attached hydrogen (secondary N) is 2. The first-order valence-electron chi connectivity index (χ1n) is 8.17. The average molecular weight is 316 g/mol. The van der Waals surface area contributed by atoms with E-state index in [2.05, 4.69) is 20.5 Å². The Bertz CT molecular complexity index is 690. The van der Waals surface area contributed by atoms with Gasteiger partial charge in [-0.15, -0.1) is 10.2 Å². The zero-order valence-corrected chi connectivity index (χ0v) is 13.0. The van der Waals surface area contributed by atoms with E-state index in [1.807, 2.05) is 0 Å². The second kappa shape index (κ2) is 7.35. The summed E-state index contributed by atoms with van der Waals surface area (Å²) in [6, 6.07) is 6.39. The van der Waals surface area contributed by atoms with Gasteiger partial charge in [0.1, 0.15) is 11.5 Å². The second-order valence-electron chi connectivity index (χ2n) is 6.09. The SMILES string of the molecule is O=c1[nH]c(NC2CCCCCC2)nnc1Cc1ccc(F)cc1. The van der Waals surface area contributed by atoms with Gasteiger partial charge >= 0.3 is 0 Å². The van der Waals surface area contributed by atoms with Crippen molar-refractivity contribution in [2.75, 3.05) is 5.32 Å². The molecule has 1 aliphatic rings. The molecule has 0 amide bonds. The molecule has 1 aliphatic carbocycles. The Morgan fingerprint density at radius 3 is 2.43 bits per heavy atom. The van der Waals surface area contributed by atoms with E-state index in [1.165, 1.54) is 37.8 Å². The van der Waals surface area contributed by atoms with Crippen molar-refractivity contribution >= 4 is 5.95 Å². The summed E-state index contributed by atoms with van der Waals surface area (Å²) < 4.78 is 12.9. The normalized spacial score (nSPS) is 16.0. The topological polar surface area (TPSA) is 70.7 Å². The fourth-order valence-electron chi connectivity index (χ4n) is 2.95. The summed E-state index contributed by atoms with van der Waals surface area (Å²) in [7, 11) is 0. The van der Waals surface area contributed by atoms with E-state index in [4.69, 9.17) is 0 Å². The maximum absolute atomic E-state index is 12.9. The van der Waals surface area contributed by atoms with Crippen molar-refractivity contribution in [3.8, 4) is 0 Å². The van der Waals surface area contributed by atoms with E-state index < -0.39 is 0 Å². The van der Waals surface area contributed by atoms with E-state index in [-0.39, 0.29) is 11.4 Å². The zero-order chi connectivity index (χ0) is 16.1. The van der Waals surface area contributed by atoms with Gasteiger partial charge in [0.2, 0.25) is 5.95 Å². The van der Waals surface area contributed by atoms with Crippen LogP contribution in [0, 0.1) is 5.82 Å². The van der Waals surface area contributed by atoms with Crippen molar-refractivity contribution in [3.05, 3.63) is 51.7 Å². The van der Waals surface area contributed by atoms with Crippen molar-refractivity contribution in [1.29, 1.82) is 0 Å². The zero-order valence-electron chi connectivity index (χ0n) is 13.0. The summed E-state index contributed by atoms with van der Waals surface area (Å²) in [5, 5.41) is 11.4. The standard InChI is InChI=1S/C17H21FN4O/c18-13-9-7-12(8-10-13)11-15-16(23)20-17(22-21-15)19-14-5-3-1-2-4-6-14/h7-10,14H,1-6,11H2,(H2,19,20,22,23). The van der Waals surface area contributed by atoms with Gasteiger partial charge in [0.15, 0.2) is 0 Å². The van der Waals surface area contributed by atoms with Gasteiger partial charge in [-0.3, -0.25) is 9.78 Å². The van der Waals surface area contributed by atoms with Crippen molar-refractivity contribution in [1.82, 2.24) is 15.2 Å². The third-order valence-corrected chi connectivity index (χ3v) is 4.25. The van der Waals surface area contributed by atoms with Crippen LogP contribution in [-0.2, 0) is 6.42 Å². The molecular formula is C17H21FN4O. The molecule has 1 heterocycles. The largest absolute Gasteiger partial charge is 0.352 e. The highest BCUT2D eigenvalue weighted by molar-refractivity contribution is 5.26. The molecule has 0 saturated heterocycles. The van der Waals surface area contributed by atoms with Gasteiger partial charge in [-0.05, 0) is 30.5 Å². The molecule has 1 fully saturated rings. The van der Waals surface area contributed by atoms with E-state index in [0.717, 1.165) is 18.4 Å². The summed E-state index contributed by atoms with van der Waals surface area (Å²) in [6.45, 7) is 0. The molecule has 2 N–H and O–H groups in total. The monoisotopic (exact) mass is 316 g/mol. The number of aromatic amines is 1. The van der Waals surface area contributed by atoms with Gasteiger partial charge in [0, 0.05) is 12.5 Å². The van der Waals surface area contributed by atoms with E-state index in [0.29, 0.717) is 24.1 Å². The lowest BCUT2D eigenvalue weighted by molar-refractivity contribution is 0.611. The molecule has 0 unspecified atom stereocenters. The number of aromatic nitrogens is 3. The summed E-state index contributed by atoms with van der Waals surface area (Å²) in [5.41, 5.74) is 0.916. The smallest absolute Gasteiger partial charge is 0.274 e. The van der Waals surface area contributed by atoms with Crippen LogP contribution < -0.4 is 10.9 Å². The summed E-state index contributed by atoms with van der Waals surface area (Å²) >= 11 is 0. The van der Waals surface area contributed by atoms with Crippen LogP contribution in [0.4, 0.5) is 10.3 Å². The van der Waals surface area contributed by atoms with Crippen LogP contribution in [0.3, 0.4) is 0 Å². The molecule has 122 valence electrons. The number of H-pyrrole nitrogens is 1. The van der Waals surface area contributed by atoms with Gasteiger partial charge in [0.05, 0.1) is 0 Å². The maximum atomic E-state index is 12.9. The third kappa shape index (κ3) is 4.37. The van der Waals surface area contributed by atoms with E-state index in [9.17, 15) is 9.18 Å². The van der Waals surface area contributed by atoms with Crippen molar-refractivity contribution in [3.63, 3.8) is 0 Å². The second-order valence-corrected chi connectivity index (χ2v) is 6.09. The summed E-state index contributed by atoms with van der Waals surface area (Å²) in [4.78, 5) is 14.9. The number of hydrogen-bond donors (Lipinski definition) is 2. The van der Waals surface area contributed by atoms with Crippen LogP contribution in [0.1, 0.15) is 49.8 Å². The minimum absolute atomic E-state index is 0.250. The highest BCUT2D eigenvalue weighted by atomic mass is 19.1. The van der Waals surface area contributed by atoms with Crippen molar-refractivity contribution in [2.24, 2.45) is 0 Å². The Balaban J connectivity index is 1.67. The van der Waals surface area contributed by atoms with Crippen LogP contribution in [0.2, 0.25) is 0 Å². The predicted octanol–water partition coefficient (Wildman–Crippen LogP) is 3.03. The Morgan fingerprint density at radius 2 is 1.78 bits per heavy atom. The van der Waals surface area contributed by atoms with E-state index in [1.54, 1.807) is 12.1 Å². The molecule has 6 heteroatoms. The molecule has 0 bridgehead atoms. The van der Waals surface area contributed by atoms with Gasteiger partial charge in [0.25, 0.3) is 5.56 Å². The first kappa shape index (κ1) is 15.6. The van der Waals surface area contributed by atoms with Crippen LogP contribution in [0.5, 0.6) is 0 Å². The van der Waals surface area contributed by atoms with Gasteiger partial charge in [-0.1, -0.05) is 37.8 Å². The summed E-state index contributed by atoms with van der Waals surface area (Å²) in [5.74, 6) is 0.140. The number of hydrogen-bond acceptors (Lipinski definition) is 4. The number of nitrogens with zero attached hydrogens (tertiary/aromatic N) is 2. The molecule has 0 atom stereocenters. The first-order valence-corrected chi connectivity index (χ1v) is 8.17. The molecule has 2 aromatic rings. The van der Waals surface area contributed by atoms with Crippen LogP contribution in [0.15, 0.2) is 29.1 Å². The third-order valence-electron chi connectivity index (χ3n) is 4.25. The molecular weight excluding hydrogens is 295 g/mol. The lowest BCUT2D eigenvalue weighted by atomic mass is 10.1. The Labute approximate surface area is 134 Å². The van der Waals surface area contributed by atoms with Crippen LogP contribution >= 0.6 is 0 Å². The molecule has 0 aliphatic heterocycles. The fourth-order valence-corrected chi connectivity index (χ4v) is 2.95. The minimum Gasteiger partial charge on any atom is -0.352 e. The molecule has 0 spiro atoms. The quantitative estimate of drug-likeness (QED) is 0.851. The minimum atomic E-state index is -0.295. The Morgan fingerprint density at radius 1 is 1.09 bits per heavy atom. The molecule has 3 rings (SSSR count). The van der Waals surface area contributed by atoms with Gasteiger partial charge < -0.3 is 5.32 Å². The summed E-state index contributed by atoms with van der Waals surface area (Å²) in [6.07, 6.45) is 7.50. The number of rotatable bonds is 4. The lowest BCUT2D eigenvalue weighted by Crippen LogP contribution is -2.25. The number of anilines is 1. The van der Waals surface area contributed by atoms with Crippen LogP contribution in [-0.4, -0.2) is 21.2 Å². The number of halogens is 1. The highest BCUT2D eigenvalue weighted by Gasteiger charge is 2.14. The molecule has 1 aromatic heterocycles. The molecule has 5 nitrogen and oxygen atoms in total. The first-order chi connectivity index (χ1) is 11.2. The number of benzene rings is 1. The fraction of sp³-hybridized carbons (Fsp3) is 0.471. The van der Waals surface area contributed by atoms with Gasteiger partial charge in [-0.25, -0.2) is 4.39 Å². The predicted molar refractivity (Wildman–Crippen MR) is 87.0 cm³/mol. The lowest BCUT2D eigenvalue weighted by Gasteiger charge is -2.15.